The zero-order chi connectivity index (χ0) is 24.8. The third-order valence-corrected chi connectivity index (χ3v) is 6.46. The molecule has 1 fully saturated rings. The van der Waals surface area contributed by atoms with Crippen LogP contribution in [0.15, 0.2) is 78.9 Å². The Morgan fingerprint density at radius 2 is 1.69 bits per heavy atom. The van der Waals surface area contributed by atoms with Crippen molar-refractivity contribution in [3.05, 3.63) is 101 Å². The number of amides is 3. The average molecular weight is 490 g/mol. The van der Waals surface area contributed by atoms with Crippen molar-refractivity contribution < 1.29 is 14.4 Å². The van der Waals surface area contributed by atoms with E-state index < -0.39 is 0 Å². The van der Waals surface area contributed by atoms with Gasteiger partial charge in [-0.15, -0.1) is 0 Å². The number of nitrogens with one attached hydrogen (secondary N) is 2. The predicted octanol–water partition coefficient (Wildman–Crippen LogP) is 5.32. The summed E-state index contributed by atoms with van der Waals surface area (Å²) in [5.74, 6) is -0.630. The highest BCUT2D eigenvalue weighted by atomic mass is 35.5. The first-order chi connectivity index (χ1) is 16.9. The van der Waals surface area contributed by atoms with E-state index in [1.807, 2.05) is 49.4 Å². The summed E-state index contributed by atoms with van der Waals surface area (Å²) >= 11 is 5.93. The zero-order valence-corrected chi connectivity index (χ0v) is 20.3. The molecule has 0 aliphatic carbocycles. The molecule has 1 saturated heterocycles. The monoisotopic (exact) mass is 489 g/mol. The molecule has 7 heteroatoms. The summed E-state index contributed by atoms with van der Waals surface area (Å²) in [6.45, 7) is 2.92. The van der Waals surface area contributed by atoms with Gasteiger partial charge in [0.15, 0.2) is 0 Å². The smallest absolute Gasteiger partial charge is 0.255 e. The maximum Gasteiger partial charge on any atom is 0.255 e. The molecule has 0 aromatic heterocycles. The number of nitrogens with zero attached hydrogens (tertiary/aromatic N) is 1. The van der Waals surface area contributed by atoms with Gasteiger partial charge in [-0.3, -0.25) is 14.4 Å². The Kier molecular flexibility index (Phi) is 7.83. The van der Waals surface area contributed by atoms with E-state index in [1.165, 1.54) is 0 Å². The van der Waals surface area contributed by atoms with Crippen LogP contribution in [0.25, 0.3) is 0 Å². The molecule has 1 heterocycles. The van der Waals surface area contributed by atoms with Gasteiger partial charge in [0, 0.05) is 34.9 Å². The molecule has 180 valence electrons. The summed E-state index contributed by atoms with van der Waals surface area (Å²) in [6.07, 6.45) is 1.50. The highest BCUT2D eigenvalue weighted by molar-refractivity contribution is 6.30. The lowest BCUT2D eigenvalue weighted by Crippen LogP contribution is -2.45. The van der Waals surface area contributed by atoms with Crippen LogP contribution in [-0.4, -0.2) is 35.7 Å². The van der Waals surface area contributed by atoms with Gasteiger partial charge in [-0.1, -0.05) is 41.9 Å². The van der Waals surface area contributed by atoms with E-state index in [-0.39, 0.29) is 29.7 Å². The fraction of sp³-hybridized carbons (Fsp3) is 0.250. The molecule has 3 aromatic rings. The van der Waals surface area contributed by atoms with Gasteiger partial charge in [0.1, 0.15) is 0 Å². The predicted molar refractivity (Wildman–Crippen MR) is 137 cm³/mol. The Morgan fingerprint density at radius 3 is 2.43 bits per heavy atom. The van der Waals surface area contributed by atoms with Crippen molar-refractivity contribution in [2.45, 2.75) is 25.8 Å². The summed E-state index contributed by atoms with van der Waals surface area (Å²) in [6, 6.07) is 23.0. The van der Waals surface area contributed by atoms with E-state index in [0.29, 0.717) is 34.9 Å². The van der Waals surface area contributed by atoms with Gasteiger partial charge in [0.25, 0.3) is 11.8 Å². The van der Waals surface area contributed by atoms with Crippen LogP contribution in [0, 0.1) is 5.92 Å². The third kappa shape index (κ3) is 6.28. The van der Waals surface area contributed by atoms with Crippen LogP contribution in [0.5, 0.6) is 0 Å². The van der Waals surface area contributed by atoms with Crippen molar-refractivity contribution >= 4 is 35.0 Å². The Balaban J connectivity index is 1.36. The van der Waals surface area contributed by atoms with Crippen molar-refractivity contribution in [1.82, 2.24) is 10.2 Å². The summed E-state index contributed by atoms with van der Waals surface area (Å²) < 4.78 is 0. The van der Waals surface area contributed by atoms with Gasteiger partial charge >= 0.3 is 0 Å². The van der Waals surface area contributed by atoms with E-state index in [4.69, 9.17) is 11.6 Å². The molecule has 35 heavy (non-hydrogen) atoms. The van der Waals surface area contributed by atoms with Crippen LogP contribution in [0.1, 0.15) is 52.1 Å². The van der Waals surface area contributed by atoms with Gasteiger partial charge in [-0.25, -0.2) is 0 Å². The summed E-state index contributed by atoms with van der Waals surface area (Å²) in [7, 11) is 0. The van der Waals surface area contributed by atoms with E-state index in [0.717, 1.165) is 18.4 Å². The fourth-order valence-electron chi connectivity index (χ4n) is 4.24. The number of hydrogen-bond acceptors (Lipinski definition) is 3. The molecule has 4 rings (SSSR count). The lowest BCUT2D eigenvalue weighted by atomic mass is 9.95. The van der Waals surface area contributed by atoms with E-state index in [9.17, 15) is 14.4 Å². The molecular weight excluding hydrogens is 462 g/mol. The van der Waals surface area contributed by atoms with Gasteiger partial charge in [-0.05, 0) is 73.9 Å². The van der Waals surface area contributed by atoms with Gasteiger partial charge in [0.05, 0.1) is 12.0 Å². The fourth-order valence-corrected chi connectivity index (χ4v) is 4.37. The normalized spacial score (nSPS) is 16.3. The molecule has 0 spiro atoms. The molecule has 2 N–H and O–H groups in total. The Morgan fingerprint density at radius 1 is 0.943 bits per heavy atom. The number of benzene rings is 3. The van der Waals surface area contributed by atoms with Crippen molar-refractivity contribution in [2.75, 3.05) is 18.4 Å². The lowest BCUT2D eigenvalue weighted by Gasteiger charge is -2.32. The summed E-state index contributed by atoms with van der Waals surface area (Å²) in [4.78, 5) is 40.1. The number of hydrogen-bond donors (Lipinski definition) is 2. The maximum atomic E-state index is 13.0. The lowest BCUT2D eigenvalue weighted by molar-refractivity contribution is -0.127. The Hall–Kier alpha value is -3.64. The first-order valence-corrected chi connectivity index (χ1v) is 12.1. The molecule has 0 bridgehead atoms. The highest BCUT2D eigenvalue weighted by Gasteiger charge is 2.29. The summed E-state index contributed by atoms with van der Waals surface area (Å²) in [5, 5.41) is 6.56. The van der Waals surface area contributed by atoms with Crippen LogP contribution in [0.4, 0.5) is 5.69 Å². The number of rotatable bonds is 6. The number of likely N-dealkylation sites (tertiary alicyclic amines) is 1. The van der Waals surface area contributed by atoms with Crippen LogP contribution in [-0.2, 0) is 4.79 Å². The standard InChI is InChI=1S/C28H28ClN3O3/c1-19(22-9-5-11-25(17-22)31-26(33)20-7-3-2-4-8-20)30-27(34)23-10-6-16-32(18-23)28(35)21-12-14-24(29)15-13-21/h2-5,7-9,11-15,17,19,23H,6,10,16,18H2,1H3,(H,30,34)(H,31,33). The second-order valence-corrected chi connectivity index (χ2v) is 9.21. The van der Waals surface area contributed by atoms with E-state index >= 15 is 0 Å². The van der Waals surface area contributed by atoms with Crippen molar-refractivity contribution in [1.29, 1.82) is 0 Å². The van der Waals surface area contributed by atoms with Crippen molar-refractivity contribution in [2.24, 2.45) is 5.92 Å². The topological polar surface area (TPSA) is 78.5 Å². The molecule has 3 amide bonds. The second kappa shape index (κ2) is 11.2. The molecule has 6 nitrogen and oxygen atoms in total. The molecular formula is C28H28ClN3O3. The minimum atomic E-state index is -0.275. The number of halogens is 1. The minimum Gasteiger partial charge on any atom is -0.349 e. The molecule has 2 unspecified atom stereocenters. The number of carbonyl (C=O) groups excluding carboxylic acids is 3. The molecule has 0 radical (unpaired) electrons. The highest BCUT2D eigenvalue weighted by Crippen LogP contribution is 2.23. The van der Waals surface area contributed by atoms with Crippen LogP contribution < -0.4 is 10.6 Å². The van der Waals surface area contributed by atoms with Gasteiger partial charge < -0.3 is 15.5 Å². The maximum absolute atomic E-state index is 13.0. The SMILES string of the molecule is CC(NC(=O)C1CCCN(C(=O)c2ccc(Cl)cc2)C1)c1cccc(NC(=O)c2ccccc2)c1. The first kappa shape index (κ1) is 24.5. The first-order valence-electron chi connectivity index (χ1n) is 11.7. The molecule has 3 aromatic carbocycles. The van der Waals surface area contributed by atoms with Crippen LogP contribution >= 0.6 is 11.6 Å². The molecule has 1 aliphatic rings. The second-order valence-electron chi connectivity index (χ2n) is 8.77. The average Bonchev–Trinajstić information content (AvgIpc) is 2.89. The minimum absolute atomic E-state index is 0.0789. The Bertz CT molecular complexity index is 1200. The van der Waals surface area contributed by atoms with Crippen LogP contribution in [0.2, 0.25) is 5.02 Å². The van der Waals surface area contributed by atoms with E-state index in [1.54, 1.807) is 41.3 Å². The largest absolute Gasteiger partial charge is 0.349 e. The number of piperidine rings is 1. The quantitative estimate of drug-likeness (QED) is 0.491. The zero-order valence-electron chi connectivity index (χ0n) is 19.5. The number of carbonyl (C=O) groups is 3. The van der Waals surface area contributed by atoms with Crippen molar-refractivity contribution in [3.63, 3.8) is 0 Å². The molecule has 2 atom stereocenters. The summed E-state index contributed by atoms with van der Waals surface area (Å²) in [5.41, 5.74) is 2.69. The molecule has 1 aliphatic heterocycles. The van der Waals surface area contributed by atoms with Gasteiger partial charge in [-0.2, -0.15) is 0 Å². The van der Waals surface area contributed by atoms with Crippen LogP contribution in [0.3, 0.4) is 0 Å². The van der Waals surface area contributed by atoms with Crippen molar-refractivity contribution in [3.8, 4) is 0 Å². The molecule has 0 saturated carbocycles. The van der Waals surface area contributed by atoms with Gasteiger partial charge in [0.2, 0.25) is 5.91 Å². The third-order valence-electron chi connectivity index (χ3n) is 6.21. The number of anilines is 1. The Labute approximate surface area is 210 Å². The van der Waals surface area contributed by atoms with E-state index in [2.05, 4.69) is 10.6 Å².